The van der Waals surface area contributed by atoms with E-state index < -0.39 is 5.97 Å². The van der Waals surface area contributed by atoms with Gasteiger partial charge in [-0.1, -0.05) is 43.3 Å². The number of carbonyl (C=O) groups is 1. The molecule has 1 aromatic heterocycles. The normalized spacial score (nSPS) is 10.9. The number of hydrogen-bond acceptors (Lipinski definition) is 3. The summed E-state index contributed by atoms with van der Waals surface area (Å²) in [6.45, 7) is 4.88. The molecule has 106 valence electrons. The largest absolute Gasteiger partial charge is 0.481 e. The highest BCUT2D eigenvalue weighted by Gasteiger charge is 2.08. The third-order valence-corrected chi connectivity index (χ3v) is 3.25. The molecule has 0 fully saturated rings. The Bertz CT molecular complexity index is 573. The maximum Gasteiger partial charge on any atom is 0.303 e. The highest BCUT2D eigenvalue weighted by atomic mass is 16.4. The van der Waals surface area contributed by atoms with E-state index in [-0.39, 0.29) is 6.42 Å². The first-order valence-corrected chi connectivity index (χ1v) is 6.78. The third-order valence-electron chi connectivity index (χ3n) is 3.25. The number of benzene rings is 1. The number of aryl methyl sites for hydroxylation is 1. The van der Waals surface area contributed by atoms with Gasteiger partial charge >= 0.3 is 5.97 Å². The van der Waals surface area contributed by atoms with Gasteiger partial charge in [-0.15, -0.1) is 5.10 Å². The predicted octanol–water partition coefficient (Wildman–Crippen LogP) is 2.93. The van der Waals surface area contributed by atoms with Crippen LogP contribution >= 0.6 is 0 Å². The molecule has 0 saturated carbocycles. The number of carboxylic acids is 1. The summed E-state index contributed by atoms with van der Waals surface area (Å²) in [6.07, 6.45) is 2.41. The van der Waals surface area contributed by atoms with Gasteiger partial charge in [0, 0.05) is 18.5 Å². The number of rotatable bonds is 6. The monoisotopic (exact) mass is 273 g/mol. The first-order chi connectivity index (χ1) is 9.58. The van der Waals surface area contributed by atoms with Gasteiger partial charge in [-0.2, -0.15) is 0 Å². The lowest BCUT2D eigenvalue weighted by Crippen LogP contribution is -2.05. The van der Waals surface area contributed by atoms with Crippen LogP contribution in [-0.4, -0.2) is 26.1 Å². The van der Waals surface area contributed by atoms with Gasteiger partial charge in [0.2, 0.25) is 0 Å². The van der Waals surface area contributed by atoms with Crippen molar-refractivity contribution in [1.29, 1.82) is 0 Å². The van der Waals surface area contributed by atoms with Crippen molar-refractivity contribution in [3.63, 3.8) is 0 Å². The summed E-state index contributed by atoms with van der Waals surface area (Å²) in [7, 11) is 0. The molecule has 1 aromatic carbocycles. The second kappa shape index (κ2) is 6.32. The third kappa shape index (κ3) is 3.44. The van der Waals surface area contributed by atoms with E-state index in [0.29, 0.717) is 18.9 Å². The minimum absolute atomic E-state index is 0.144. The highest BCUT2D eigenvalue weighted by molar-refractivity contribution is 5.66. The Morgan fingerprint density at radius 3 is 2.60 bits per heavy atom. The van der Waals surface area contributed by atoms with Crippen LogP contribution in [0.2, 0.25) is 0 Å². The van der Waals surface area contributed by atoms with E-state index >= 15 is 0 Å². The second-order valence-electron chi connectivity index (χ2n) is 5.12. The van der Waals surface area contributed by atoms with Gasteiger partial charge in [-0.25, -0.2) is 4.68 Å². The van der Waals surface area contributed by atoms with Gasteiger partial charge < -0.3 is 5.11 Å². The fourth-order valence-electron chi connectivity index (χ4n) is 2.07. The van der Waals surface area contributed by atoms with Crippen LogP contribution in [0.5, 0.6) is 0 Å². The topological polar surface area (TPSA) is 68.0 Å². The minimum Gasteiger partial charge on any atom is -0.481 e. The van der Waals surface area contributed by atoms with Crippen molar-refractivity contribution in [3.8, 4) is 11.3 Å². The lowest BCUT2D eigenvalue weighted by molar-refractivity contribution is -0.137. The Hall–Kier alpha value is -2.17. The first-order valence-electron chi connectivity index (χ1n) is 6.78. The van der Waals surface area contributed by atoms with Gasteiger partial charge in [0.1, 0.15) is 0 Å². The van der Waals surface area contributed by atoms with E-state index in [0.717, 1.165) is 11.3 Å². The Morgan fingerprint density at radius 1 is 1.30 bits per heavy atom. The minimum atomic E-state index is -0.784. The lowest BCUT2D eigenvalue weighted by atomic mass is 10.0. The smallest absolute Gasteiger partial charge is 0.303 e. The van der Waals surface area contributed by atoms with E-state index in [1.165, 1.54) is 5.56 Å². The maximum absolute atomic E-state index is 10.5. The molecule has 0 atom stereocenters. The highest BCUT2D eigenvalue weighted by Crippen LogP contribution is 2.22. The van der Waals surface area contributed by atoms with E-state index in [1.54, 1.807) is 10.9 Å². The van der Waals surface area contributed by atoms with Gasteiger partial charge in [0.15, 0.2) is 0 Å². The van der Waals surface area contributed by atoms with Crippen LogP contribution in [-0.2, 0) is 11.3 Å². The second-order valence-corrected chi connectivity index (χ2v) is 5.12. The summed E-state index contributed by atoms with van der Waals surface area (Å²) in [5, 5.41) is 16.6. The number of hydrogen-bond donors (Lipinski definition) is 1. The number of nitrogens with zero attached hydrogens (tertiary/aromatic N) is 3. The predicted molar refractivity (Wildman–Crippen MR) is 76.4 cm³/mol. The molecule has 0 amide bonds. The average molecular weight is 273 g/mol. The van der Waals surface area contributed by atoms with Crippen LogP contribution in [0, 0.1) is 0 Å². The zero-order valence-corrected chi connectivity index (χ0v) is 11.8. The molecule has 2 rings (SSSR count). The van der Waals surface area contributed by atoms with Crippen LogP contribution in [0.1, 0.15) is 38.2 Å². The molecular weight excluding hydrogens is 254 g/mol. The van der Waals surface area contributed by atoms with Crippen LogP contribution in [0.3, 0.4) is 0 Å². The van der Waals surface area contributed by atoms with Crippen molar-refractivity contribution in [2.24, 2.45) is 0 Å². The standard InChI is InChI=1S/C15H19N3O2/c1-11(2)12-5-7-13(8-6-12)14-10-16-17-18(14)9-3-4-15(19)20/h5-8,10-11H,3-4,9H2,1-2H3,(H,19,20). The number of carboxylic acid groups (broad SMARTS) is 1. The number of aliphatic carboxylic acids is 1. The van der Waals surface area contributed by atoms with E-state index in [9.17, 15) is 4.79 Å². The Kier molecular flexibility index (Phi) is 4.50. The molecule has 0 aliphatic rings. The van der Waals surface area contributed by atoms with Crippen molar-refractivity contribution in [3.05, 3.63) is 36.0 Å². The van der Waals surface area contributed by atoms with E-state index in [2.05, 4.69) is 48.4 Å². The molecule has 1 heterocycles. The Morgan fingerprint density at radius 2 is 2.00 bits per heavy atom. The van der Waals surface area contributed by atoms with Crippen molar-refractivity contribution in [2.45, 2.75) is 39.2 Å². The zero-order valence-electron chi connectivity index (χ0n) is 11.8. The summed E-state index contributed by atoms with van der Waals surface area (Å²) in [5.41, 5.74) is 3.26. The van der Waals surface area contributed by atoms with Gasteiger partial charge in [0.05, 0.1) is 11.9 Å². The molecule has 0 bridgehead atoms. The molecule has 5 heteroatoms. The van der Waals surface area contributed by atoms with Crippen LogP contribution in [0.4, 0.5) is 0 Å². The molecule has 2 aromatic rings. The molecular formula is C15H19N3O2. The fourth-order valence-corrected chi connectivity index (χ4v) is 2.07. The summed E-state index contributed by atoms with van der Waals surface area (Å²) in [6, 6.07) is 8.33. The molecule has 0 aliphatic carbocycles. The summed E-state index contributed by atoms with van der Waals surface area (Å²) in [5.74, 6) is -0.282. The van der Waals surface area contributed by atoms with Gasteiger partial charge in [0.25, 0.3) is 0 Å². The van der Waals surface area contributed by atoms with Crippen molar-refractivity contribution in [1.82, 2.24) is 15.0 Å². The molecule has 0 radical (unpaired) electrons. The summed E-state index contributed by atoms with van der Waals surface area (Å²) < 4.78 is 1.76. The molecule has 0 unspecified atom stereocenters. The molecule has 0 saturated heterocycles. The average Bonchev–Trinajstić information content (AvgIpc) is 2.87. The van der Waals surface area contributed by atoms with Crippen molar-refractivity contribution >= 4 is 5.97 Å². The molecule has 20 heavy (non-hydrogen) atoms. The van der Waals surface area contributed by atoms with Crippen LogP contribution < -0.4 is 0 Å². The lowest BCUT2D eigenvalue weighted by Gasteiger charge is -2.08. The Labute approximate surface area is 118 Å². The van der Waals surface area contributed by atoms with E-state index in [1.807, 2.05) is 0 Å². The summed E-state index contributed by atoms with van der Waals surface area (Å²) in [4.78, 5) is 10.5. The molecule has 0 spiro atoms. The molecule has 5 nitrogen and oxygen atoms in total. The molecule has 1 N–H and O–H groups in total. The first kappa shape index (κ1) is 14.2. The van der Waals surface area contributed by atoms with Crippen molar-refractivity contribution < 1.29 is 9.90 Å². The zero-order chi connectivity index (χ0) is 14.5. The molecule has 0 aliphatic heterocycles. The number of aromatic nitrogens is 3. The maximum atomic E-state index is 10.5. The Balaban J connectivity index is 2.12. The fraction of sp³-hybridized carbons (Fsp3) is 0.400. The summed E-state index contributed by atoms with van der Waals surface area (Å²) >= 11 is 0. The van der Waals surface area contributed by atoms with Crippen molar-refractivity contribution in [2.75, 3.05) is 0 Å². The van der Waals surface area contributed by atoms with Gasteiger partial charge in [-0.05, 0) is 17.9 Å². The van der Waals surface area contributed by atoms with E-state index in [4.69, 9.17) is 5.11 Å². The SMILES string of the molecule is CC(C)c1ccc(-c2cnnn2CCCC(=O)O)cc1. The van der Waals surface area contributed by atoms with Crippen LogP contribution in [0.15, 0.2) is 30.5 Å². The van der Waals surface area contributed by atoms with Gasteiger partial charge in [-0.3, -0.25) is 4.79 Å². The quantitative estimate of drug-likeness (QED) is 0.878. The van der Waals surface area contributed by atoms with Crippen LogP contribution in [0.25, 0.3) is 11.3 Å².